The van der Waals surface area contributed by atoms with Crippen LogP contribution in [0.25, 0.3) is 10.8 Å². The predicted octanol–water partition coefficient (Wildman–Crippen LogP) is 3.19. The van der Waals surface area contributed by atoms with Crippen LogP contribution >= 0.6 is 17.0 Å². The van der Waals surface area contributed by atoms with Crippen LogP contribution in [0.1, 0.15) is 18.4 Å². The van der Waals surface area contributed by atoms with Crippen LogP contribution in [0.2, 0.25) is 0 Å². The van der Waals surface area contributed by atoms with Crippen molar-refractivity contribution in [2.24, 2.45) is 5.73 Å². The fourth-order valence-electron chi connectivity index (χ4n) is 1.70. The Morgan fingerprint density at radius 3 is 2.50 bits per heavy atom. The normalized spacial score (nSPS) is 12.1. The fourth-order valence-corrected chi connectivity index (χ4v) is 1.70. The number of nitrogens with two attached hydrogens (primary N) is 1. The third kappa shape index (κ3) is 2.54. The van der Waals surface area contributed by atoms with Gasteiger partial charge in [-0.15, -0.1) is 17.0 Å². The van der Waals surface area contributed by atoms with Crippen molar-refractivity contribution in [3.63, 3.8) is 0 Å². The van der Waals surface area contributed by atoms with E-state index in [4.69, 9.17) is 5.73 Å². The molecule has 0 radical (unpaired) electrons. The monoisotopic (exact) mass is 281 g/mol. The first kappa shape index (κ1) is 13.0. The van der Waals surface area contributed by atoms with Gasteiger partial charge in [0.05, 0.1) is 0 Å². The second-order valence-electron chi connectivity index (χ2n) is 3.93. The molecule has 1 unspecified atom stereocenters. The molecule has 3 heteroatoms. The highest BCUT2D eigenvalue weighted by Gasteiger charge is 2.04. The van der Waals surface area contributed by atoms with E-state index < -0.39 is 0 Å². The number of hydrogen-bond donors (Lipinski definition) is 2. The lowest BCUT2D eigenvalue weighted by Crippen LogP contribution is -2.08. The Labute approximate surface area is 106 Å². The van der Waals surface area contributed by atoms with Crippen molar-refractivity contribution in [1.29, 1.82) is 0 Å². The zero-order valence-electron chi connectivity index (χ0n) is 9.18. The van der Waals surface area contributed by atoms with Gasteiger partial charge >= 0.3 is 0 Å². The fraction of sp³-hybridized carbons (Fsp3) is 0.231. The molecule has 86 valence electrons. The minimum absolute atomic E-state index is 0. The molecule has 0 fully saturated rings. The van der Waals surface area contributed by atoms with Gasteiger partial charge in [0.2, 0.25) is 0 Å². The molecule has 0 spiro atoms. The quantitative estimate of drug-likeness (QED) is 0.888. The highest BCUT2D eigenvalue weighted by molar-refractivity contribution is 8.93. The van der Waals surface area contributed by atoms with Crippen molar-refractivity contribution in [2.45, 2.75) is 12.8 Å². The first-order valence-electron chi connectivity index (χ1n) is 5.13. The molecule has 1 atom stereocenters. The van der Waals surface area contributed by atoms with E-state index in [0.717, 1.165) is 10.8 Å². The van der Waals surface area contributed by atoms with Crippen LogP contribution in [0.15, 0.2) is 36.4 Å². The molecular formula is C13H16BrNO. The summed E-state index contributed by atoms with van der Waals surface area (Å²) in [5.74, 6) is 0.664. The highest BCUT2D eigenvalue weighted by Crippen LogP contribution is 2.24. The first-order chi connectivity index (χ1) is 7.20. The first-order valence-corrected chi connectivity index (χ1v) is 5.13. The molecule has 0 saturated heterocycles. The largest absolute Gasteiger partial charge is 0.508 e. The third-order valence-electron chi connectivity index (χ3n) is 2.77. The molecule has 0 aliphatic heterocycles. The van der Waals surface area contributed by atoms with Gasteiger partial charge in [0.1, 0.15) is 5.75 Å². The van der Waals surface area contributed by atoms with Crippen LogP contribution < -0.4 is 5.73 Å². The average molecular weight is 282 g/mol. The second kappa shape index (κ2) is 5.32. The van der Waals surface area contributed by atoms with Crippen molar-refractivity contribution in [3.05, 3.63) is 42.0 Å². The maximum Gasteiger partial charge on any atom is 0.116 e. The molecule has 0 saturated carbocycles. The third-order valence-corrected chi connectivity index (χ3v) is 2.77. The Kier molecular flexibility index (Phi) is 4.33. The number of benzene rings is 2. The lowest BCUT2D eigenvalue weighted by molar-refractivity contribution is 0.476. The molecule has 0 amide bonds. The Bertz CT molecular complexity index is 484. The predicted molar refractivity (Wildman–Crippen MR) is 73.4 cm³/mol. The Hall–Kier alpha value is -1.06. The molecule has 2 aromatic rings. The van der Waals surface area contributed by atoms with E-state index >= 15 is 0 Å². The van der Waals surface area contributed by atoms with E-state index in [1.807, 2.05) is 6.07 Å². The number of halogens is 1. The molecule has 2 rings (SSSR count). The van der Waals surface area contributed by atoms with Crippen LogP contribution in [-0.2, 0) is 0 Å². The molecule has 0 aromatic heterocycles. The summed E-state index contributed by atoms with van der Waals surface area (Å²) in [6.45, 7) is 2.74. The summed E-state index contributed by atoms with van der Waals surface area (Å²) in [6, 6.07) is 11.7. The van der Waals surface area contributed by atoms with Crippen LogP contribution in [0.5, 0.6) is 5.75 Å². The molecular weight excluding hydrogens is 266 g/mol. The minimum Gasteiger partial charge on any atom is -0.508 e. The van der Waals surface area contributed by atoms with Gasteiger partial charge in [0.25, 0.3) is 0 Å². The van der Waals surface area contributed by atoms with E-state index in [1.165, 1.54) is 5.56 Å². The Balaban J connectivity index is 0.00000128. The smallest absolute Gasteiger partial charge is 0.116 e. The van der Waals surface area contributed by atoms with E-state index in [0.29, 0.717) is 18.2 Å². The van der Waals surface area contributed by atoms with E-state index in [2.05, 4.69) is 25.1 Å². The van der Waals surface area contributed by atoms with Gasteiger partial charge in [0, 0.05) is 0 Å². The summed E-state index contributed by atoms with van der Waals surface area (Å²) in [5.41, 5.74) is 6.85. The van der Waals surface area contributed by atoms with Gasteiger partial charge in [-0.25, -0.2) is 0 Å². The van der Waals surface area contributed by atoms with Crippen LogP contribution in [0, 0.1) is 0 Å². The van der Waals surface area contributed by atoms with Crippen molar-refractivity contribution < 1.29 is 5.11 Å². The van der Waals surface area contributed by atoms with Gasteiger partial charge in [-0.2, -0.15) is 0 Å². The van der Waals surface area contributed by atoms with Crippen LogP contribution in [-0.4, -0.2) is 11.7 Å². The number of fused-ring (bicyclic) bond motifs is 1. The molecule has 0 heterocycles. The molecule has 16 heavy (non-hydrogen) atoms. The zero-order valence-corrected chi connectivity index (χ0v) is 10.9. The summed E-state index contributed by atoms with van der Waals surface area (Å²) in [7, 11) is 0. The summed E-state index contributed by atoms with van der Waals surface area (Å²) in [6.07, 6.45) is 0. The van der Waals surface area contributed by atoms with Gasteiger partial charge in [-0.05, 0) is 40.9 Å². The maximum absolute atomic E-state index is 9.39. The molecule has 2 aromatic carbocycles. The zero-order chi connectivity index (χ0) is 10.8. The van der Waals surface area contributed by atoms with Crippen molar-refractivity contribution in [2.75, 3.05) is 6.54 Å². The molecule has 0 bridgehead atoms. The summed E-state index contributed by atoms with van der Waals surface area (Å²) in [4.78, 5) is 0. The van der Waals surface area contributed by atoms with Crippen molar-refractivity contribution in [3.8, 4) is 5.75 Å². The van der Waals surface area contributed by atoms with Gasteiger partial charge in [-0.1, -0.05) is 31.2 Å². The van der Waals surface area contributed by atoms with Crippen molar-refractivity contribution in [1.82, 2.24) is 0 Å². The average Bonchev–Trinajstić information content (AvgIpc) is 2.27. The standard InChI is InChI=1S/C13H15NO.BrH/c1-9(8-14)11-3-2-10-4-5-13(15)7-12(10)6-11;/h2-7,9,15H,8,14H2,1H3;1H. The molecule has 3 N–H and O–H groups in total. The summed E-state index contributed by atoms with van der Waals surface area (Å²) in [5, 5.41) is 11.6. The summed E-state index contributed by atoms with van der Waals surface area (Å²) < 4.78 is 0. The van der Waals surface area contributed by atoms with Gasteiger partial charge in [0.15, 0.2) is 0 Å². The van der Waals surface area contributed by atoms with Crippen molar-refractivity contribution >= 4 is 27.8 Å². The summed E-state index contributed by atoms with van der Waals surface area (Å²) >= 11 is 0. The lowest BCUT2D eigenvalue weighted by atomic mass is 9.98. The highest BCUT2D eigenvalue weighted by atomic mass is 79.9. The second-order valence-corrected chi connectivity index (χ2v) is 3.93. The SMILES string of the molecule is Br.CC(CN)c1ccc2ccc(O)cc2c1. The number of phenolic OH excluding ortho intramolecular Hbond substituents is 1. The minimum atomic E-state index is 0. The lowest BCUT2D eigenvalue weighted by Gasteiger charge is -2.09. The van der Waals surface area contributed by atoms with Crippen LogP contribution in [0.3, 0.4) is 0 Å². The molecule has 0 aliphatic carbocycles. The van der Waals surface area contributed by atoms with Crippen LogP contribution in [0.4, 0.5) is 0 Å². The van der Waals surface area contributed by atoms with Gasteiger partial charge < -0.3 is 10.8 Å². The van der Waals surface area contributed by atoms with E-state index in [9.17, 15) is 5.11 Å². The number of rotatable bonds is 2. The number of phenols is 1. The Morgan fingerprint density at radius 1 is 1.12 bits per heavy atom. The topological polar surface area (TPSA) is 46.2 Å². The van der Waals surface area contributed by atoms with E-state index in [1.54, 1.807) is 12.1 Å². The van der Waals surface area contributed by atoms with E-state index in [-0.39, 0.29) is 17.0 Å². The van der Waals surface area contributed by atoms with Gasteiger partial charge in [-0.3, -0.25) is 0 Å². The number of aromatic hydroxyl groups is 1. The Morgan fingerprint density at radius 2 is 1.81 bits per heavy atom. The molecule has 2 nitrogen and oxygen atoms in total. The maximum atomic E-state index is 9.39. The molecule has 0 aliphatic rings. The number of hydrogen-bond acceptors (Lipinski definition) is 2.